The SMILES string of the molecule is O=P1(C(OCc2ccccc2)c2ccc3cc(C(OCc4ccccc4)P4(=O)Oc5ccccc5-c5ccccc54)ccc3c2)Oc2ccccc2-c2ccccc21. The van der Waals surface area contributed by atoms with Gasteiger partial charge in [-0.2, -0.15) is 0 Å². The largest absolute Gasteiger partial charge is 0.437 e. The fourth-order valence-electron chi connectivity index (χ4n) is 8.09. The van der Waals surface area contributed by atoms with Crippen molar-refractivity contribution in [2.75, 3.05) is 0 Å². The fourth-order valence-corrected chi connectivity index (χ4v) is 13.2. The average Bonchev–Trinajstić information content (AvgIpc) is 3.27. The normalized spacial score (nSPS) is 18.7. The van der Waals surface area contributed by atoms with Gasteiger partial charge in [0.25, 0.3) is 0 Å². The molecule has 6 nitrogen and oxygen atoms in total. The monoisotopic (exact) mass is 796 g/mol. The van der Waals surface area contributed by atoms with E-state index in [9.17, 15) is 0 Å². The van der Waals surface area contributed by atoms with Crippen LogP contribution in [0.5, 0.6) is 11.5 Å². The van der Waals surface area contributed by atoms with E-state index >= 15 is 9.13 Å². The maximum Gasteiger partial charge on any atom is 0.310 e. The minimum Gasteiger partial charge on any atom is -0.437 e. The number of rotatable bonds is 10. The summed E-state index contributed by atoms with van der Waals surface area (Å²) in [6.07, 6.45) is 0. The molecule has 8 heteroatoms. The van der Waals surface area contributed by atoms with Gasteiger partial charge in [0.15, 0.2) is 11.7 Å². The number of ether oxygens (including phenoxy) is 2. The fraction of sp³-hybridized carbons (Fsp3) is 0.0800. The van der Waals surface area contributed by atoms with Crippen LogP contribution in [0, 0.1) is 0 Å². The second-order valence-electron chi connectivity index (χ2n) is 14.6. The molecule has 2 heterocycles. The molecule has 0 aromatic heterocycles. The first-order valence-corrected chi connectivity index (χ1v) is 22.7. The van der Waals surface area contributed by atoms with Crippen molar-refractivity contribution in [3.05, 3.63) is 216 Å². The summed E-state index contributed by atoms with van der Waals surface area (Å²) in [6.45, 7) is 0.472. The lowest BCUT2D eigenvalue weighted by Crippen LogP contribution is -2.24. The molecule has 0 spiro atoms. The summed E-state index contributed by atoms with van der Waals surface area (Å²) in [7, 11) is -7.45. The maximum absolute atomic E-state index is 15.6. The molecule has 0 saturated carbocycles. The highest BCUT2D eigenvalue weighted by Crippen LogP contribution is 2.66. The highest BCUT2D eigenvalue weighted by atomic mass is 31.2. The molecule has 0 saturated heterocycles. The van der Waals surface area contributed by atoms with Crippen LogP contribution in [0.3, 0.4) is 0 Å². The average molecular weight is 797 g/mol. The second kappa shape index (κ2) is 15.1. The van der Waals surface area contributed by atoms with Crippen molar-refractivity contribution in [1.82, 2.24) is 0 Å². The Morgan fingerprint density at radius 3 is 1.19 bits per heavy atom. The number of benzene rings is 8. The van der Waals surface area contributed by atoms with Crippen LogP contribution in [0.2, 0.25) is 0 Å². The van der Waals surface area contributed by atoms with Gasteiger partial charge in [-0.1, -0.05) is 158 Å². The van der Waals surface area contributed by atoms with E-state index in [1.165, 1.54) is 0 Å². The van der Waals surface area contributed by atoms with E-state index < -0.39 is 26.4 Å². The Bertz CT molecular complexity index is 2700. The zero-order valence-corrected chi connectivity index (χ0v) is 33.2. The minimum absolute atomic E-state index is 0.236. The van der Waals surface area contributed by atoms with Gasteiger partial charge in [-0.3, -0.25) is 9.13 Å². The van der Waals surface area contributed by atoms with Crippen LogP contribution in [0.15, 0.2) is 194 Å². The van der Waals surface area contributed by atoms with Gasteiger partial charge in [0, 0.05) is 11.1 Å². The van der Waals surface area contributed by atoms with E-state index in [4.69, 9.17) is 18.5 Å². The molecule has 10 rings (SSSR count). The summed E-state index contributed by atoms with van der Waals surface area (Å²) >= 11 is 0. The van der Waals surface area contributed by atoms with E-state index in [0.29, 0.717) is 22.1 Å². The summed E-state index contributed by atoms with van der Waals surface area (Å²) in [5.74, 6) is -0.713. The van der Waals surface area contributed by atoms with Crippen molar-refractivity contribution in [1.29, 1.82) is 0 Å². The van der Waals surface area contributed by atoms with Crippen LogP contribution in [-0.4, -0.2) is 0 Å². The van der Waals surface area contributed by atoms with E-state index in [1.54, 1.807) is 0 Å². The van der Waals surface area contributed by atoms with Crippen LogP contribution in [-0.2, 0) is 31.8 Å². The smallest absolute Gasteiger partial charge is 0.310 e. The molecule has 58 heavy (non-hydrogen) atoms. The van der Waals surface area contributed by atoms with Crippen molar-refractivity contribution in [3.63, 3.8) is 0 Å². The predicted molar refractivity (Wildman–Crippen MR) is 231 cm³/mol. The predicted octanol–water partition coefficient (Wildman–Crippen LogP) is 12.6. The van der Waals surface area contributed by atoms with Gasteiger partial charge in [0.2, 0.25) is 0 Å². The molecule has 0 radical (unpaired) electrons. The van der Waals surface area contributed by atoms with Crippen molar-refractivity contribution < 1.29 is 27.7 Å². The van der Waals surface area contributed by atoms with Gasteiger partial charge in [0.1, 0.15) is 11.5 Å². The standard InChI is InChI=1S/C50H38O6P2/c51-57(47-25-13-9-21-43(47)41-19-7-11-23-45(41)55-57)49(53-33-35-15-3-1-4-16-35)39-29-27-38-32-40(30-28-37(38)31-39)50(54-34-36-17-5-2-6-18-36)58(52)48-26-14-10-22-44(48)42-20-8-12-24-46(42)56-58/h1-32,49-50H,33-34H2. The number of para-hydroxylation sites is 2. The first-order valence-electron chi connectivity index (χ1n) is 19.3. The van der Waals surface area contributed by atoms with E-state index in [1.807, 2.05) is 194 Å². The molecule has 0 fully saturated rings. The van der Waals surface area contributed by atoms with E-state index in [2.05, 4.69) is 0 Å². The molecular weight excluding hydrogens is 758 g/mol. The zero-order chi connectivity index (χ0) is 39.1. The number of hydrogen-bond acceptors (Lipinski definition) is 6. The van der Waals surface area contributed by atoms with Gasteiger partial charge < -0.3 is 18.5 Å². The second-order valence-corrected chi connectivity index (χ2v) is 19.2. The summed E-state index contributed by atoms with van der Waals surface area (Å²) in [4.78, 5) is 0. The molecule has 8 aromatic rings. The van der Waals surface area contributed by atoms with Crippen LogP contribution in [0.25, 0.3) is 33.0 Å². The summed E-state index contributed by atoms with van der Waals surface area (Å²) in [5, 5.41) is 3.03. The van der Waals surface area contributed by atoms with Crippen LogP contribution in [0.1, 0.15) is 33.9 Å². The number of fused-ring (bicyclic) bond motifs is 7. The highest BCUT2D eigenvalue weighted by Gasteiger charge is 2.46. The third kappa shape index (κ3) is 6.49. The van der Waals surface area contributed by atoms with Gasteiger partial charge in [-0.15, -0.1) is 0 Å². The molecule has 2 aliphatic heterocycles. The molecule has 4 unspecified atom stereocenters. The molecular formula is C50H38O6P2. The quantitative estimate of drug-likeness (QED) is 0.128. The Kier molecular flexibility index (Phi) is 9.44. The number of hydrogen-bond donors (Lipinski definition) is 0. The summed E-state index contributed by atoms with van der Waals surface area (Å²) in [6, 6.07) is 62.6. The van der Waals surface area contributed by atoms with Crippen LogP contribution in [0.4, 0.5) is 0 Å². The van der Waals surface area contributed by atoms with Crippen molar-refractivity contribution in [2.24, 2.45) is 0 Å². The van der Waals surface area contributed by atoms with Crippen molar-refractivity contribution >= 4 is 36.1 Å². The summed E-state index contributed by atoms with van der Waals surface area (Å²) in [5.41, 5.74) is 6.90. The van der Waals surface area contributed by atoms with Gasteiger partial charge in [-0.25, -0.2) is 0 Å². The Morgan fingerprint density at radius 1 is 0.397 bits per heavy atom. The third-order valence-electron chi connectivity index (χ3n) is 10.9. The maximum atomic E-state index is 15.6. The molecule has 2 aliphatic rings. The topological polar surface area (TPSA) is 71.1 Å². The third-order valence-corrected chi connectivity index (χ3v) is 16.1. The van der Waals surface area contributed by atoms with Crippen LogP contribution >= 0.6 is 14.7 Å². The first kappa shape index (κ1) is 36.3. The molecule has 284 valence electrons. The first-order chi connectivity index (χ1) is 28.5. The molecule has 0 aliphatic carbocycles. The lowest BCUT2D eigenvalue weighted by molar-refractivity contribution is 0.0857. The Morgan fingerprint density at radius 2 is 0.759 bits per heavy atom. The molecule has 8 aromatic carbocycles. The summed E-state index contributed by atoms with van der Waals surface area (Å²) < 4.78 is 57.8. The zero-order valence-electron chi connectivity index (χ0n) is 31.4. The van der Waals surface area contributed by atoms with Crippen molar-refractivity contribution in [2.45, 2.75) is 24.9 Å². The van der Waals surface area contributed by atoms with Crippen molar-refractivity contribution in [3.8, 4) is 33.8 Å². The molecule has 0 bridgehead atoms. The Hall–Kier alpha value is -6.00. The molecule has 4 atom stereocenters. The van der Waals surface area contributed by atoms with Gasteiger partial charge in [-0.05, 0) is 80.6 Å². The van der Waals surface area contributed by atoms with Gasteiger partial charge >= 0.3 is 14.7 Å². The lowest BCUT2D eigenvalue weighted by Gasteiger charge is -2.34. The lowest BCUT2D eigenvalue weighted by atomic mass is 10.0. The minimum atomic E-state index is -3.73. The van der Waals surface area contributed by atoms with E-state index in [0.717, 1.165) is 55.3 Å². The molecule has 0 N–H and O–H groups in total. The van der Waals surface area contributed by atoms with Gasteiger partial charge in [0.05, 0.1) is 23.8 Å². The van der Waals surface area contributed by atoms with Crippen LogP contribution < -0.4 is 19.7 Å². The Balaban J connectivity index is 1.07. The molecule has 0 amide bonds. The highest BCUT2D eigenvalue weighted by molar-refractivity contribution is 7.68. The Labute approximate surface area is 337 Å². The van der Waals surface area contributed by atoms with E-state index in [-0.39, 0.29) is 13.2 Å².